The first-order valence-electron chi connectivity index (χ1n) is 8.07. The molecular formula is C19H17ClN2O4S2. The molecule has 1 aromatic heterocycles. The number of halogens is 1. The Morgan fingerprint density at radius 3 is 2.54 bits per heavy atom. The molecule has 2 N–H and O–H groups in total. The summed E-state index contributed by atoms with van der Waals surface area (Å²) in [4.78, 5) is 12.2. The van der Waals surface area contributed by atoms with Crippen molar-refractivity contribution in [2.75, 3.05) is 32.0 Å². The van der Waals surface area contributed by atoms with E-state index in [0.717, 1.165) is 15.8 Å². The van der Waals surface area contributed by atoms with Crippen molar-refractivity contribution in [3.05, 3.63) is 46.3 Å². The first-order valence-corrected chi connectivity index (χ1v) is 9.67. The second-order valence-corrected chi connectivity index (χ2v) is 7.43. The van der Waals surface area contributed by atoms with Crippen LogP contribution in [0.2, 0.25) is 5.02 Å². The maximum Gasteiger partial charge on any atom is 0.349 e. The summed E-state index contributed by atoms with van der Waals surface area (Å²) in [7, 11) is 4.49. The molecule has 3 aromatic rings. The minimum Gasteiger partial charge on any atom is -0.497 e. The summed E-state index contributed by atoms with van der Waals surface area (Å²) in [5.74, 6) is 0.832. The maximum absolute atomic E-state index is 11.8. The number of thiophene rings is 1. The molecule has 0 saturated carbocycles. The lowest BCUT2D eigenvalue weighted by molar-refractivity contribution is 0.0606. The zero-order chi connectivity index (χ0) is 20.3. The summed E-state index contributed by atoms with van der Waals surface area (Å²) in [6.45, 7) is 0. The molecule has 0 aliphatic heterocycles. The van der Waals surface area contributed by atoms with Gasteiger partial charge in [-0.25, -0.2) is 4.79 Å². The maximum atomic E-state index is 11.8. The molecule has 146 valence electrons. The van der Waals surface area contributed by atoms with Crippen LogP contribution in [0.3, 0.4) is 0 Å². The minimum atomic E-state index is -0.454. The minimum absolute atomic E-state index is 0.375. The number of nitrogens with one attached hydrogen (secondary N) is 2. The standard InChI is InChI=1S/C19H17ClN2O4S2/c1-24-11-5-7-13(14(9-11)25-2)22-19(27)21-10-4-6-12-15(8-10)28-17(16(12)20)18(23)26-3/h4-9H,1-3H3,(H2,21,22,27). The highest BCUT2D eigenvalue weighted by atomic mass is 35.5. The van der Waals surface area contributed by atoms with Gasteiger partial charge in [0.25, 0.3) is 0 Å². The fourth-order valence-corrected chi connectivity index (χ4v) is 4.25. The molecule has 2 aromatic carbocycles. The van der Waals surface area contributed by atoms with Gasteiger partial charge in [-0.1, -0.05) is 11.6 Å². The lowest BCUT2D eigenvalue weighted by Crippen LogP contribution is -2.19. The van der Waals surface area contributed by atoms with Crippen LogP contribution >= 0.6 is 35.2 Å². The van der Waals surface area contributed by atoms with E-state index in [1.807, 2.05) is 30.3 Å². The topological polar surface area (TPSA) is 68.8 Å². The smallest absolute Gasteiger partial charge is 0.349 e. The molecule has 0 fully saturated rings. The van der Waals surface area contributed by atoms with Gasteiger partial charge in [0.2, 0.25) is 0 Å². The molecular weight excluding hydrogens is 420 g/mol. The summed E-state index contributed by atoms with van der Waals surface area (Å²) < 4.78 is 16.2. The molecule has 0 amide bonds. The molecule has 0 atom stereocenters. The summed E-state index contributed by atoms with van der Waals surface area (Å²) in [5.41, 5.74) is 1.46. The lowest BCUT2D eigenvalue weighted by atomic mass is 10.2. The number of carbonyl (C=O) groups excluding carboxylic acids is 1. The molecule has 0 radical (unpaired) electrons. The number of rotatable bonds is 5. The van der Waals surface area contributed by atoms with Crippen molar-refractivity contribution >= 4 is 67.7 Å². The van der Waals surface area contributed by atoms with Gasteiger partial charge < -0.3 is 24.8 Å². The Morgan fingerprint density at radius 1 is 1.07 bits per heavy atom. The van der Waals surface area contributed by atoms with Crippen LogP contribution in [0.15, 0.2) is 36.4 Å². The van der Waals surface area contributed by atoms with Gasteiger partial charge in [-0.15, -0.1) is 11.3 Å². The van der Waals surface area contributed by atoms with E-state index in [1.54, 1.807) is 20.3 Å². The van der Waals surface area contributed by atoms with Crippen molar-refractivity contribution < 1.29 is 19.0 Å². The molecule has 6 nitrogen and oxygen atoms in total. The van der Waals surface area contributed by atoms with Crippen molar-refractivity contribution in [2.24, 2.45) is 0 Å². The van der Waals surface area contributed by atoms with E-state index in [9.17, 15) is 4.79 Å². The van der Waals surface area contributed by atoms with Gasteiger partial charge in [-0.3, -0.25) is 0 Å². The number of methoxy groups -OCH3 is 3. The second-order valence-electron chi connectivity index (χ2n) is 5.59. The fraction of sp³-hybridized carbons (Fsp3) is 0.158. The predicted molar refractivity (Wildman–Crippen MR) is 118 cm³/mol. The predicted octanol–water partition coefficient (Wildman–Crippen LogP) is 5.17. The van der Waals surface area contributed by atoms with Gasteiger partial charge in [0.1, 0.15) is 16.4 Å². The van der Waals surface area contributed by atoms with E-state index < -0.39 is 5.97 Å². The Labute approximate surface area is 176 Å². The van der Waals surface area contributed by atoms with Gasteiger partial charge in [0, 0.05) is 21.8 Å². The SMILES string of the molecule is COC(=O)c1sc2cc(NC(=S)Nc3ccc(OC)cc3OC)ccc2c1Cl. The largest absolute Gasteiger partial charge is 0.497 e. The first-order chi connectivity index (χ1) is 13.5. The Hall–Kier alpha value is -2.55. The zero-order valence-corrected chi connectivity index (χ0v) is 17.7. The molecule has 0 spiro atoms. The monoisotopic (exact) mass is 436 g/mol. The highest BCUT2D eigenvalue weighted by Crippen LogP contribution is 2.37. The van der Waals surface area contributed by atoms with Crippen molar-refractivity contribution in [1.82, 2.24) is 0 Å². The summed E-state index contributed by atoms with van der Waals surface area (Å²) in [6, 6.07) is 10.9. The van der Waals surface area contributed by atoms with Gasteiger partial charge in [0.05, 0.1) is 32.0 Å². The quantitative estimate of drug-likeness (QED) is 0.422. The van der Waals surface area contributed by atoms with E-state index in [-0.39, 0.29) is 0 Å². The molecule has 28 heavy (non-hydrogen) atoms. The van der Waals surface area contributed by atoms with E-state index in [2.05, 4.69) is 10.6 Å². The number of benzene rings is 2. The number of carbonyl (C=O) groups is 1. The van der Waals surface area contributed by atoms with Crippen LogP contribution in [0, 0.1) is 0 Å². The molecule has 0 aliphatic carbocycles. The van der Waals surface area contributed by atoms with Gasteiger partial charge in [-0.2, -0.15) is 0 Å². The van der Waals surface area contributed by atoms with Crippen LogP contribution in [-0.2, 0) is 4.74 Å². The van der Waals surface area contributed by atoms with Gasteiger partial charge >= 0.3 is 5.97 Å². The van der Waals surface area contributed by atoms with Crippen molar-refractivity contribution in [3.63, 3.8) is 0 Å². The zero-order valence-electron chi connectivity index (χ0n) is 15.3. The van der Waals surface area contributed by atoms with Crippen molar-refractivity contribution in [1.29, 1.82) is 0 Å². The molecule has 0 bridgehead atoms. The average Bonchev–Trinajstić information content (AvgIpc) is 3.03. The summed E-state index contributed by atoms with van der Waals surface area (Å²) in [6.07, 6.45) is 0. The average molecular weight is 437 g/mol. The van der Waals surface area contributed by atoms with Crippen LogP contribution in [0.1, 0.15) is 9.67 Å². The highest BCUT2D eigenvalue weighted by molar-refractivity contribution is 7.80. The molecule has 9 heteroatoms. The number of hydrogen-bond acceptors (Lipinski definition) is 6. The first kappa shape index (κ1) is 20.2. The third kappa shape index (κ3) is 4.14. The van der Waals surface area contributed by atoms with E-state index in [0.29, 0.717) is 32.2 Å². The van der Waals surface area contributed by atoms with E-state index >= 15 is 0 Å². The Morgan fingerprint density at radius 2 is 1.86 bits per heavy atom. The normalized spacial score (nSPS) is 10.4. The summed E-state index contributed by atoms with van der Waals surface area (Å²) in [5, 5.41) is 7.78. The molecule has 0 unspecified atom stereocenters. The van der Waals surface area contributed by atoms with E-state index in [4.69, 9.17) is 38.0 Å². The summed E-state index contributed by atoms with van der Waals surface area (Å²) >= 11 is 12.9. The van der Waals surface area contributed by atoms with Crippen LogP contribution in [0.25, 0.3) is 10.1 Å². The van der Waals surface area contributed by atoms with Crippen LogP contribution in [-0.4, -0.2) is 32.4 Å². The van der Waals surface area contributed by atoms with E-state index in [1.165, 1.54) is 18.4 Å². The van der Waals surface area contributed by atoms with Crippen molar-refractivity contribution in [3.8, 4) is 11.5 Å². The number of thiocarbonyl (C=S) groups is 1. The molecule has 3 rings (SSSR count). The number of ether oxygens (including phenoxy) is 3. The number of hydrogen-bond donors (Lipinski definition) is 2. The van der Waals surface area contributed by atoms with Crippen LogP contribution < -0.4 is 20.1 Å². The second kappa shape index (κ2) is 8.64. The number of esters is 1. The third-order valence-electron chi connectivity index (χ3n) is 3.92. The Kier molecular flexibility index (Phi) is 6.23. The highest BCUT2D eigenvalue weighted by Gasteiger charge is 2.18. The Bertz CT molecular complexity index is 1050. The van der Waals surface area contributed by atoms with Gasteiger partial charge in [-0.05, 0) is 42.5 Å². The fourth-order valence-electron chi connectivity index (χ4n) is 2.55. The Balaban J connectivity index is 1.79. The van der Waals surface area contributed by atoms with Crippen LogP contribution in [0.5, 0.6) is 11.5 Å². The third-order valence-corrected chi connectivity index (χ3v) is 5.76. The molecule has 1 heterocycles. The van der Waals surface area contributed by atoms with Gasteiger partial charge in [0.15, 0.2) is 5.11 Å². The molecule has 0 aliphatic rings. The lowest BCUT2D eigenvalue weighted by Gasteiger charge is -2.14. The van der Waals surface area contributed by atoms with Crippen molar-refractivity contribution in [2.45, 2.75) is 0 Å². The molecule has 0 saturated heterocycles. The number of fused-ring (bicyclic) bond motifs is 1. The van der Waals surface area contributed by atoms with Crippen LogP contribution in [0.4, 0.5) is 11.4 Å². The number of anilines is 2.